The summed E-state index contributed by atoms with van der Waals surface area (Å²) < 4.78 is 41.3. The van der Waals surface area contributed by atoms with Gasteiger partial charge in [0, 0.05) is 39.2 Å². The van der Waals surface area contributed by atoms with Gasteiger partial charge in [-0.2, -0.15) is 5.10 Å². The fraction of sp³-hybridized carbons (Fsp3) is 0.438. The number of hydrogen-bond donors (Lipinski definition) is 1. The largest absolute Gasteiger partial charge is 0.463 e. The Kier molecular flexibility index (Phi) is 10.5. The van der Waals surface area contributed by atoms with Crippen LogP contribution in [0.1, 0.15) is 56.8 Å². The van der Waals surface area contributed by atoms with Gasteiger partial charge in [-0.3, -0.25) is 19.2 Å². The molecule has 2 unspecified atom stereocenters. The van der Waals surface area contributed by atoms with Gasteiger partial charge in [-0.1, -0.05) is 36.4 Å². The third-order valence-electron chi connectivity index (χ3n) is 7.86. The number of nitrogens with one attached hydrogen (secondary N) is 1. The quantitative estimate of drug-likeness (QED) is 0.190. The highest BCUT2D eigenvalue weighted by Gasteiger charge is 2.53. The minimum Gasteiger partial charge on any atom is -0.463 e. The molecular weight excluding hydrogens is 637 g/mol. The highest BCUT2D eigenvalue weighted by molar-refractivity contribution is 7.80. The molecule has 0 aromatic heterocycles. The molecule has 47 heavy (non-hydrogen) atoms. The number of ether oxygens (including phenoxy) is 5. The molecule has 3 aliphatic rings. The number of fused-ring (bicyclic) bond motifs is 3. The Morgan fingerprint density at radius 2 is 1.55 bits per heavy atom. The third-order valence-corrected chi connectivity index (χ3v) is 8.13. The van der Waals surface area contributed by atoms with Crippen LogP contribution in [0.4, 0.5) is 4.39 Å². The summed E-state index contributed by atoms with van der Waals surface area (Å²) >= 11 is 5.75. The molecule has 1 fully saturated rings. The predicted molar refractivity (Wildman–Crippen MR) is 165 cm³/mol. The summed E-state index contributed by atoms with van der Waals surface area (Å²) in [5.41, 5.74) is 6.38. The number of aryl methyl sites for hydroxylation is 1. The molecule has 13 nitrogen and oxygen atoms in total. The fourth-order valence-corrected chi connectivity index (χ4v) is 6.27. The van der Waals surface area contributed by atoms with Crippen molar-refractivity contribution in [2.45, 2.75) is 77.3 Å². The molecule has 0 bridgehead atoms. The van der Waals surface area contributed by atoms with Crippen LogP contribution in [-0.2, 0) is 54.1 Å². The number of hydroxylamine groups is 1. The maximum Gasteiger partial charge on any atom is 0.303 e. The Bertz CT molecular complexity index is 1570. The van der Waals surface area contributed by atoms with Gasteiger partial charge in [0.05, 0.1) is 11.8 Å². The normalized spacial score (nSPS) is 26.2. The van der Waals surface area contributed by atoms with Gasteiger partial charge in [-0.05, 0) is 48.3 Å². The van der Waals surface area contributed by atoms with Crippen LogP contribution < -0.4 is 5.48 Å². The van der Waals surface area contributed by atoms with E-state index in [2.05, 4.69) is 5.48 Å². The van der Waals surface area contributed by atoms with Crippen LogP contribution in [0.25, 0.3) is 0 Å². The predicted octanol–water partition coefficient (Wildman–Crippen LogP) is 3.04. The summed E-state index contributed by atoms with van der Waals surface area (Å²) in [5, 5.41) is 6.45. The number of hydrogen-bond acceptors (Lipinski definition) is 12. The van der Waals surface area contributed by atoms with Crippen LogP contribution in [0, 0.1) is 11.7 Å². The maximum atomic E-state index is 13.9. The molecule has 5 rings (SSSR count). The zero-order valence-electron chi connectivity index (χ0n) is 26.0. The second-order valence-corrected chi connectivity index (χ2v) is 11.6. The van der Waals surface area contributed by atoms with Crippen LogP contribution in [0.15, 0.2) is 53.6 Å². The molecular formula is C32H34FN3O10S. The lowest BCUT2D eigenvalue weighted by Crippen LogP contribution is -2.63. The summed E-state index contributed by atoms with van der Waals surface area (Å²) in [6.07, 6.45) is -5.38. The summed E-state index contributed by atoms with van der Waals surface area (Å²) in [4.78, 5) is 53.8. The summed E-state index contributed by atoms with van der Waals surface area (Å²) in [6.45, 7) is 4.12. The molecule has 2 heterocycles. The monoisotopic (exact) mass is 671 g/mol. The number of halogens is 1. The lowest BCUT2D eigenvalue weighted by molar-refractivity contribution is -0.316. The number of carbonyl (C=O) groups is 4. The van der Waals surface area contributed by atoms with Crippen molar-refractivity contribution in [1.82, 2.24) is 10.5 Å². The van der Waals surface area contributed by atoms with Crippen LogP contribution in [0.3, 0.4) is 0 Å². The summed E-state index contributed by atoms with van der Waals surface area (Å²) in [5.74, 6) is -3.44. The van der Waals surface area contributed by atoms with E-state index in [1.54, 1.807) is 17.1 Å². The average molecular weight is 672 g/mol. The number of rotatable bonds is 8. The van der Waals surface area contributed by atoms with Gasteiger partial charge < -0.3 is 23.7 Å². The zero-order valence-corrected chi connectivity index (χ0v) is 26.9. The molecule has 0 saturated carbocycles. The van der Waals surface area contributed by atoms with Gasteiger partial charge in [-0.15, -0.1) is 0 Å². The maximum absolute atomic E-state index is 13.9. The minimum atomic E-state index is -1.52. The standard InChI is InChI=1S/C32H34FN3O10S/c1-16(37)41-15-25-28(42-17(2)38)29(43-18(3)39)30(44-19(4)40)31(45-25)46-35-32(47)36-27(21-9-12-22(33)13-10-21)24-14-11-20-7-5-6-8-23(20)26(24)34-36/h5-10,12-13,24-25,27-31H,11,14-15H2,1-4H3,(H,35,47)/t24?,25-,27?,28-,29+,30-,31+/m1/s1. The Labute approximate surface area is 275 Å². The average Bonchev–Trinajstić information content (AvgIpc) is 3.41. The van der Waals surface area contributed by atoms with Crippen molar-refractivity contribution in [3.63, 3.8) is 0 Å². The number of carbonyl (C=O) groups excluding carboxylic acids is 4. The van der Waals surface area contributed by atoms with Crippen molar-refractivity contribution < 1.29 is 52.1 Å². The van der Waals surface area contributed by atoms with E-state index in [0.717, 1.165) is 56.0 Å². The topological polar surface area (TPSA) is 151 Å². The Balaban J connectivity index is 1.44. The highest BCUT2D eigenvalue weighted by Crippen LogP contribution is 2.43. The highest BCUT2D eigenvalue weighted by atomic mass is 32.1. The third kappa shape index (κ3) is 7.75. The van der Waals surface area contributed by atoms with Crippen LogP contribution in [0.5, 0.6) is 0 Å². The van der Waals surface area contributed by atoms with Gasteiger partial charge in [0.15, 0.2) is 18.3 Å². The molecule has 0 radical (unpaired) electrons. The first-order valence-electron chi connectivity index (χ1n) is 14.9. The van der Waals surface area contributed by atoms with Gasteiger partial charge in [0.2, 0.25) is 11.4 Å². The number of thiocarbonyl (C=S) groups is 1. The molecule has 1 aliphatic carbocycles. The van der Waals surface area contributed by atoms with E-state index in [0.29, 0.717) is 0 Å². The van der Waals surface area contributed by atoms with Crippen molar-refractivity contribution in [2.24, 2.45) is 11.0 Å². The number of esters is 4. The fourth-order valence-electron chi connectivity index (χ4n) is 6.06. The van der Waals surface area contributed by atoms with E-state index >= 15 is 0 Å². The first-order chi connectivity index (χ1) is 22.4. The molecule has 2 aliphatic heterocycles. The number of benzene rings is 2. The van der Waals surface area contributed by atoms with E-state index in [1.807, 2.05) is 24.3 Å². The second-order valence-electron chi connectivity index (χ2n) is 11.2. The lowest BCUT2D eigenvalue weighted by atomic mass is 9.77. The van der Waals surface area contributed by atoms with Gasteiger partial charge in [0.1, 0.15) is 18.5 Å². The smallest absolute Gasteiger partial charge is 0.303 e. The van der Waals surface area contributed by atoms with E-state index in [4.69, 9.17) is 45.8 Å². The van der Waals surface area contributed by atoms with Crippen molar-refractivity contribution >= 4 is 46.9 Å². The van der Waals surface area contributed by atoms with Crippen molar-refractivity contribution in [2.75, 3.05) is 6.61 Å². The summed E-state index contributed by atoms with van der Waals surface area (Å²) in [7, 11) is 0. The van der Waals surface area contributed by atoms with Crippen molar-refractivity contribution in [1.29, 1.82) is 0 Å². The molecule has 7 atom stereocenters. The van der Waals surface area contributed by atoms with Gasteiger partial charge in [0.25, 0.3) is 0 Å². The van der Waals surface area contributed by atoms with Gasteiger partial charge in [-0.25, -0.2) is 19.7 Å². The Hall–Kier alpha value is -4.47. The van der Waals surface area contributed by atoms with E-state index in [9.17, 15) is 23.6 Å². The first kappa shape index (κ1) is 33.9. The van der Waals surface area contributed by atoms with Crippen LogP contribution >= 0.6 is 12.2 Å². The van der Waals surface area contributed by atoms with Crippen LogP contribution in [-0.4, -0.2) is 77.0 Å². The van der Waals surface area contributed by atoms with Gasteiger partial charge >= 0.3 is 23.9 Å². The molecule has 250 valence electrons. The SMILES string of the molecule is CC(=O)OC[C@H]1O[C@@H](ONC(=S)N2N=C3c4ccccc4CCC3C2c2ccc(F)cc2)[C@H](OC(C)=O)[C@@H](OC(C)=O)[C@@H]1OC(C)=O. The number of nitrogens with zero attached hydrogens (tertiary/aromatic N) is 2. The van der Waals surface area contributed by atoms with E-state index in [1.165, 1.54) is 19.1 Å². The van der Waals surface area contributed by atoms with E-state index in [-0.39, 0.29) is 16.8 Å². The molecule has 0 amide bonds. The molecule has 15 heteroatoms. The van der Waals surface area contributed by atoms with Crippen LogP contribution in [0.2, 0.25) is 0 Å². The zero-order chi connectivity index (χ0) is 33.8. The Morgan fingerprint density at radius 3 is 2.21 bits per heavy atom. The molecule has 0 spiro atoms. The molecule has 2 aromatic carbocycles. The van der Waals surface area contributed by atoms with Crippen molar-refractivity contribution in [3.8, 4) is 0 Å². The lowest BCUT2D eigenvalue weighted by Gasteiger charge is -2.43. The Morgan fingerprint density at radius 1 is 0.915 bits per heavy atom. The minimum absolute atomic E-state index is 0.00781. The number of hydrazone groups is 1. The van der Waals surface area contributed by atoms with E-state index < -0.39 is 67.2 Å². The molecule has 1 saturated heterocycles. The summed E-state index contributed by atoms with van der Waals surface area (Å²) in [6, 6.07) is 13.6. The molecule has 2 aromatic rings. The van der Waals surface area contributed by atoms with Crippen molar-refractivity contribution in [3.05, 3.63) is 71.0 Å². The second kappa shape index (κ2) is 14.5. The first-order valence-corrected chi connectivity index (χ1v) is 15.3. The molecule has 1 N–H and O–H groups in total.